The van der Waals surface area contributed by atoms with Gasteiger partial charge in [0.15, 0.2) is 0 Å². The lowest BCUT2D eigenvalue weighted by atomic mass is 9.83. The Hall–Kier alpha value is -3.05. The molecule has 1 heterocycles. The zero-order valence-electron chi connectivity index (χ0n) is 18.2. The van der Waals surface area contributed by atoms with Crippen molar-refractivity contribution >= 4 is 5.91 Å². The van der Waals surface area contributed by atoms with Crippen LogP contribution in [-0.4, -0.2) is 23.9 Å². The van der Waals surface area contributed by atoms with Crippen LogP contribution in [0.15, 0.2) is 72.8 Å². The SMILES string of the molecule is Cc1cccc(C2CC(C(=O)NCc3cccc(F)c3)CN(Cc3ccc(F)cc3)C2)c1. The van der Waals surface area contributed by atoms with Gasteiger partial charge in [-0.15, -0.1) is 0 Å². The molecule has 0 bridgehead atoms. The summed E-state index contributed by atoms with van der Waals surface area (Å²) in [5, 5.41) is 2.99. The highest BCUT2D eigenvalue weighted by molar-refractivity contribution is 5.79. The Morgan fingerprint density at radius 1 is 0.938 bits per heavy atom. The number of halogens is 2. The van der Waals surface area contributed by atoms with Crippen LogP contribution >= 0.6 is 0 Å². The van der Waals surface area contributed by atoms with Gasteiger partial charge in [0.25, 0.3) is 0 Å². The van der Waals surface area contributed by atoms with Crippen molar-refractivity contribution in [3.8, 4) is 0 Å². The molecule has 0 radical (unpaired) electrons. The number of amides is 1. The molecule has 32 heavy (non-hydrogen) atoms. The number of nitrogens with zero attached hydrogens (tertiary/aromatic N) is 1. The summed E-state index contributed by atoms with van der Waals surface area (Å²) in [7, 11) is 0. The molecule has 5 heteroatoms. The highest BCUT2D eigenvalue weighted by Gasteiger charge is 2.32. The van der Waals surface area contributed by atoms with Crippen LogP contribution in [0.25, 0.3) is 0 Å². The van der Waals surface area contributed by atoms with Crippen molar-refractivity contribution in [1.82, 2.24) is 10.2 Å². The van der Waals surface area contributed by atoms with Crippen molar-refractivity contribution in [2.24, 2.45) is 5.92 Å². The molecule has 0 aromatic heterocycles. The molecule has 0 spiro atoms. The predicted molar refractivity (Wildman–Crippen MR) is 122 cm³/mol. The zero-order chi connectivity index (χ0) is 22.5. The Kier molecular flexibility index (Phi) is 6.96. The van der Waals surface area contributed by atoms with Crippen LogP contribution in [0.1, 0.15) is 34.6 Å². The van der Waals surface area contributed by atoms with Crippen molar-refractivity contribution in [2.75, 3.05) is 13.1 Å². The number of hydrogen-bond acceptors (Lipinski definition) is 2. The molecule has 1 amide bonds. The summed E-state index contributed by atoms with van der Waals surface area (Å²) < 4.78 is 26.8. The highest BCUT2D eigenvalue weighted by atomic mass is 19.1. The van der Waals surface area contributed by atoms with Crippen molar-refractivity contribution in [3.63, 3.8) is 0 Å². The Morgan fingerprint density at radius 2 is 1.72 bits per heavy atom. The number of aryl methyl sites for hydroxylation is 1. The molecule has 2 unspecified atom stereocenters. The second-order valence-corrected chi connectivity index (χ2v) is 8.71. The molecule has 166 valence electrons. The summed E-state index contributed by atoms with van der Waals surface area (Å²) in [6.07, 6.45) is 0.762. The zero-order valence-corrected chi connectivity index (χ0v) is 18.2. The van der Waals surface area contributed by atoms with Gasteiger partial charge < -0.3 is 5.32 Å². The summed E-state index contributed by atoms with van der Waals surface area (Å²) in [6, 6.07) is 21.3. The number of carbonyl (C=O) groups excluding carboxylic acids is 1. The fourth-order valence-electron chi connectivity index (χ4n) is 4.50. The average Bonchev–Trinajstić information content (AvgIpc) is 2.79. The largest absolute Gasteiger partial charge is 0.352 e. The maximum absolute atomic E-state index is 13.5. The Labute approximate surface area is 188 Å². The van der Waals surface area contributed by atoms with Gasteiger partial charge in [0, 0.05) is 26.2 Å². The molecule has 1 fully saturated rings. The molecule has 1 N–H and O–H groups in total. The maximum Gasteiger partial charge on any atom is 0.224 e. The molecule has 0 saturated carbocycles. The second-order valence-electron chi connectivity index (χ2n) is 8.71. The van der Waals surface area contributed by atoms with E-state index >= 15 is 0 Å². The minimum atomic E-state index is -0.306. The van der Waals surface area contributed by atoms with Gasteiger partial charge in [-0.05, 0) is 60.2 Å². The van der Waals surface area contributed by atoms with Crippen LogP contribution in [0.3, 0.4) is 0 Å². The lowest BCUT2D eigenvalue weighted by molar-refractivity contribution is -0.127. The highest BCUT2D eigenvalue weighted by Crippen LogP contribution is 2.32. The van der Waals surface area contributed by atoms with E-state index in [-0.39, 0.29) is 29.4 Å². The summed E-state index contributed by atoms with van der Waals surface area (Å²) in [4.78, 5) is 15.3. The van der Waals surface area contributed by atoms with Crippen LogP contribution in [0.5, 0.6) is 0 Å². The van der Waals surface area contributed by atoms with Gasteiger partial charge in [0.2, 0.25) is 5.91 Å². The smallest absolute Gasteiger partial charge is 0.224 e. The van der Waals surface area contributed by atoms with Crippen molar-refractivity contribution in [3.05, 3.63) is 107 Å². The minimum Gasteiger partial charge on any atom is -0.352 e. The molecular weight excluding hydrogens is 406 g/mol. The minimum absolute atomic E-state index is 0.0179. The summed E-state index contributed by atoms with van der Waals surface area (Å²) in [5.74, 6) is -0.521. The van der Waals surface area contributed by atoms with Gasteiger partial charge in [-0.3, -0.25) is 9.69 Å². The number of likely N-dealkylation sites (tertiary alicyclic amines) is 1. The molecule has 1 saturated heterocycles. The van der Waals surface area contributed by atoms with Crippen molar-refractivity contribution < 1.29 is 13.6 Å². The van der Waals surface area contributed by atoms with Crippen LogP contribution in [-0.2, 0) is 17.9 Å². The van der Waals surface area contributed by atoms with Crippen LogP contribution in [0, 0.1) is 24.5 Å². The van der Waals surface area contributed by atoms with E-state index < -0.39 is 0 Å². The standard InChI is InChI=1S/C27H28F2N2O/c1-19-4-2-6-22(12-19)23-14-24(27(32)30-15-21-5-3-7-26(29)13-21)18-31(17-23)16-20-8-10-25(28)11-9-20/h2-13,23-24H,14-18H2,1H3,(H,30,32). The second kappa shape index (κ2) is 10.0. The molecule has 3 nitrogen and oxygen atoms in total. The van der Waals surface area contributed by atoms with Gasteiger partial charge in [-0.2, -0.15) is 0 Å². The lowest BCUT2D eigenvalue weighted by Gasteiger charge is -2.37. The van der Waals surface area contributed by atoms with Crippen LogP contribution in [0.2, 0.25) is 0 Å². The third-order valence-corrected chi connectivity index (χ3v) is 6.09. The fraction of sp³-hybridized carbons (Fsp3) is 0.296. The molecule has 1 aliphatic rings. The molecule has 2 atom stereocenters. The molecule has 4 rings (SSSR count). The quantitative estimate of drug-likeness (QED) is 0.579. The number of carbonyl (C=O) groups is 1. The monoisotopic (exact) mass is 434 g/mol. The number of piperidine rings is 1. The van der Waals surface area contributed by atoms with E-state index in [1.54, 1.807) is 24.3 Å². The maximum atomic E-state index is 13.5. The molecular formula is C27H28F2N2O. The van der Waals surface area contributed by atoms with Gasteiger partial charge in [0.1, 0.15) is 11.6 Å². The van der Waals surface area contributed by atoms with E-state index in [1.165, 1.54) is 35.4 Å². The van der Waals surface area contributed by atoms with Crippen LogP contribution < -0.4 is 5.32 Å². The topological polar surface area (TPSA) is 32.3 Å². The van der Waals surface area contributed by atoms with E-state index in [0.717, 1.165) is 24.1 Å². The third-order valence-electron chi connectivity index (χ3n) is 6.09. The Bertz CT molecular complexity index is 1070. The number of benzene rings is 3. The van der Waals surface area contributed by atoms with E-state index in [9.17, 15) is 13.6 Å². The summed E-state index contributed by atoms with van der Waals surface area (Å²) >= 11 is 0. The van der Waals surface area contributed by atoms with Gasteiger partial charge >= 0.3 is 0 Å². The predicted octanol–water partition coefficient (Wildman–Crippen LogP) is 5.20. The average molecular weight is 435 g/mol. The fourth-order valence-corrected chi connectivity index (χ4v) is 4.50. The Balaban J connectivity index is 1.49. The van der Waals surface area contributed by atoms with E-state index in [1.807, 2.05) is 0 Å². The third kappa shape index (κ3) is 5.80. The first-order chi connectivity index (χ1) is 15.5. The van der Waals surface area contributed by atoms with E-state index in [2.05, 4.69) is 41.4 Å². The van der Waals surface area contributed by atoms with Crippen LogP contribution in [0.4, 0.5) is 8.78 Å². The molecule has 3 aromatic carbocycles. The normalized spacial score (nSPS) is 19.0. The number of nitrogens with one attached hydrogen (secondary N) is 1. The lowest BCUT2D eigenvalue weighted by Crippen LogP contribution is -2.45. The van der Waals surface area contributed by atoms with E-state index in [4.69, 9.17) is 0 Å². The number of rotatable bonds is 6. The first-order valence-electron chi connectivity index (χ1n) is 11.0. The molecule has 1 aliphatic heterocycles. The Morgan fingerprint density at radius 3 is 2.47 bits per heavy atom. The van der Waals surface area contributed by atoms with Gasteiger partial charge in [-0.1, -0.05) is 54.1 Å². The summed E-state index contributed by atoms with van der Waals surface area (Å²) in [5.41, 5.74) is 4.20. The molecule has 3 aromatic rings. The first kappa shape index (κ1) is 22.2. The molecule has 0 aliphatic carbocycles. The first-order valence-corrected chi connectivity index (χ1v) is 11.0. The van der Waals surface area contributed by atoms with Crippen molar-refractivity contribution in [2.45, 2.75) is 32.4 Å². The summed E-state index contributed by atoms with van der Waals surface area (Å²) in [6.45, 7) is 4.52. The van der Waals surface area contributed by atoms with Gasteiger partial charge in [0.05, 0.1) is 5.92 Å². The van der Waals surface area contributed by atoms with Crippen molar-refractivity contribution in [1.29, 1.82) is 0 Å². The van der Waals surface area contributed by atoms with E-state index in [0.29, 0.717) is 19.6 Å². The van der Waals surface area contributed by atoms with Gasteiger partial charge in [-0.25, -0.2) is 8.78 Å². The number of hydrogen-bond donors (Lipinski definition) is 1.